The third kappa shape index (κ3) is 2.99. The molecule has 0 saturated carbocycles. The molecule has 0 saturated heterocycles. The Labute approximate surface area is 213 Å². The van der Waals surface area contributed by atoms with E-state index in [9.17, 15) is 0 Å². The zero-order valence-corrected chi connectivity index (χ0v) is 19.8. The van der Waals surface area contributed by atoms with Crippen molar-refractivity contribution in [3.63, 3.8) is 0 Å². The lowest BCUT2D eigenvalue weighted by molar-refractivity contribution is 0.460. The van der Waals surface area contributed by atoms with Crippen LogP contribution in [0.1, 0.15) is 0 Å². The molecule has 0 N–H and O–H groups in total. The van der Waals surface area contributed by atoms with Crippen molar-refractivity contribution in [2.75, 3.05) is 0 Å². The summed E-state index contributed by atoms with van der Waals surface area (Å²) in [6, 6.07) is 41.4. The Morgan fingerprint density at radius 3 is 2.30 bits per heavy atom. The van der Waals surface area contributed by atoms with Gasteiger partial charge in [0.1, 0.15) is 11.3 Å². The summed E-state index contributed by atoms with van der Waals surface area (Å²) in [4.78, 5) is 4.72. The van der Waals surface area contributed by atoms with Gasteiger partial charge in [-0.05, 0) is 53.6 Å². The lowest BCUT2D eigenvalue weighted by Gasteiger charge is -2.14. The summed E-state index contributed by atoms with van der Waals surface area (Å²) in [5.41, 5.74) is 9.10. The lowest BCUT2D eigenvalue weighted by atomic mass is 9.94. The Kier molecular flexibility index (Phi) is 4.19. The molecule has 4 nitrogen and oxygen atoms in total. The minimum atomic E-state index is 0.599. The number of hydrogen-bond acceptors (Lipinski definition) is 3. The summed E-state index contributed by atoms with van der Waals surface area (Å²) in [7, 11) is 0. The maximum absolute atomic E-state index is 6.77. The van der Waals surface area contributed by atoms with Crippen LogP contribution in [0.4, 0.5) is 0 Å². The van der Waals surface area contributed by atoms with Gasteiger partial charge < -0.3 is 9.15 Å². The summed E-state index contributed by atoms with van der Waals surface area (Å²) >= 11 is 0. The van der Waals surface area contributed by atoms with Crippen molar-refractivity contribution in [3.8, 4) is 51.0 Å². The fourth-order valence-corrected chi connectivity index (χ4v) is 5.42. The number of para-hydroxylation sites is 4. The molecule has 0 atom stereocenters. The topological polar surface area (TPSA) is 40.2 Å². The van der Waals surface area contributed by atoms with Crippen molar-refractivity contribution in [3.05, 3.63) is 121 Å². The van der Waals surface area contributed by atoms with Gasteiger partial charge in [-0.3, -0.25) is 4.57 Å². The molecule has 0 fully saturated rings. The van der Waals surface area contributed by atoms with Crippen molar-refractivity contribution in [2.45, 2.75) is 0 Å². The van der Waals surface area contributed by atoms with Crippen LogP contribution in [-0.2, 0) is 0 Å². The molecule has 4 heteroatoms. The quantitative estimate of drug-likeness (QED) is 0.250. The Morgan fingerprint density at radius 1 is 0.622 bits per heavy atom. The van der Waals surface area contributed by atoms with Crippen molar-refractivity contribution in [1.29, 1.82) is 0 Å². The van der Waals surface area contributed by atoms with E-state index in [1.807, 2.05) is 48.5 Å². The first kappa shape index (κ1) is 20.1. The van der Waals surface area contributed by atoms with Crippen LogP contribution in [0.2, 0.25) is 0 Å². The van der Waals surface area contributed by atoms with E-state index >= 15 is 0 Å². The summed E-state index contributed by atoms with van der Waals surface area (Å²) in [5.74, 6) is 2.24. The standard InChI is InChI=1S/C33H20N2O2/c1-2-14-25-23(12-1)24-13-4-7-18-29(24)37-33-31(25)26-15-3-6-17-28(26)35(33)22-11-9-10-21(20-22)32-34-27-16-5-8-19-30(27)36-32/h1-20H. The number of aromatic nitrogens is 2. The molecule has 0 unspecified atom stereocenters. The summed E-state index contributed by atoms with van der Waals surface area (Å²) < 4.78 is 15.1. The van der Waals surface area contributed by atoms with Gasteiger partial charge in [0.25, 0.3) is 0 Å². The number of ether oxygens (including phenoxy) is 1. The van der Waals surface area contributed by atoms with Crippen molar-refractivity contribution >= 4 is 22.0 Å². The third-order valence-electron chi connectivity index (χ3n) is 7.06. The van der Waals surface area contributed by atoms with Gasteiger partial charge in [0.05, 0.1) is 11.1 Å². The van der Waals surface area contributed by atoms with Gasteiger partial charge in [0, 0.05) is 22.2 Å². The molecule has 0 radical (unpaired) electrons. The Morgan fingerprint density at radius 2 is 1.38 bits per heavy atom. The summed E-state index contributed by atoms with van der Waals surface area (Å²) in [5, 5.41) is 1.14. The first-order valence-corrected chi connectivity index (χ1v) is 12.3. The van der Waals surface area contributed by atoms with E-state index in [0.29, 0.717) is 5.89 Å². The highest BCUT2D eigenvalue weighted by molar-refractivity contribution is 6.05. The molecule has 8 rings (SSSR count). The predicted molar refractivity (Wildman–Crippen MR) is 147 cm³/mol. The summed E-state index contributed by atoms with van der Waals surface area (Å²) in [6.07, 6.45) is 0. The second-order valence-corrected chi connectivity index (χ2v) is 9.21. The number of oxazole rings is 1. The van der Waals surface area contributed by atoms with Crippen molar-refractivity contribution in [1.82, 2.24) is 9.55 Å². The van der Waals surface area contributed by atoms with E-state index in [-0.39, 0.29) is 0 Å². The van der Waals surface area contributed by atoms with Crippen LogP contribution < -0.4 is 4.74 Å². The zero-order valence-electron chi connectivity index (χ0n) is 19.8. The first-order valence-electron chi connectivity index (χ1n) is 12.3. The number of nitrogens with zero attached hydrogens (tertiary/aromatic N) is 2. The molecule has 1 aliphatic heterocycles. The molecule has 174 valence electrons. The Bertz CT molecular complexity index is 1950. The highest BCUT2D eigenvalue weighted by Gasteiger charge is 2.27. The second-order valence-electron chi connectivity index (χ2n) is 9.21. The SMILES string of the molecule is c1cc(-c2nc3ccccc3o2)cc(-n2c3c(c4ccccc42)-c2ccccc2-c2ccccc2O3)c1. The molecule has 0 aliphatic carbocycles. The molecule has 1 aliphatic rings. The lowest BCUT2D eigenvalue weighted by Crippen LogP contribution is -1.98. The molecule has 0 amide bonds. The average molecular weight is 477 g/mol. The number of rotatable bonds is 2. The van der Waals surface area contributed by atoms with Crippen LogP contribution in [0, 0.1) is 0 Å². The van der Waals surface area contributed by atoms with E-state index < -0.39 is 0 Å². The minimum Gasteiger partial charge on any atom is -0.439 e. The van der Waals surface area contributed by atoms with Gasteiger partial charge in [0.15, 0.2) is 5.58 Å². The molecule has 0 spiro atoms. The van der Waals surface area contributed by atoms with E-state index in [1.165, 1.54) is 5.56 Å². The van der Waals surface area contributed by atoms with Gasteiger partial charge in [-0.2, -0.15) is 0 Å². The number of benzene rings is 5. The van der Waals surface area contributed by atoms with E-state index in [4.69, 9.17) is 14.1 Å². The van der Waals surface area contributed by atoms with Gasteiger partial charge in [-0.15, -0.1) is 0 Å². The maximum atomic E-state index is 6.77. The van der Waals surface area contributed by atoms with E-state index in [2.05, 4.69) is 77.4 Å². The smallest absolute Gasteiger partial charge is 0.227 e. The molecule has 0 bridgehead atoms. The Hall–Kier alpha value is -5.09. The first-order chi connectivity index (χ1) is 18.3. The van der Waals surface area contributed by atoms with Gasteiger partial charge in [-0.1, -0.05) is 78.9 Å². The maximum Gasteiger partial charge on any atom is 0.227 e. The highest BCUT2D eigenvalue weighted by atomic mass is 16.5. The van der Waals surface area contributed by atoms with Crippen LogP contribution in [0.15, 0.2) is 126 Å². The normalized spacial score (nSPS) is 12.0. The van der Waals surface area contributed by atoms with Crippen LogP contribution in [0.3, 0.4) is 0 Å². The Balaban J connectivity index is 1.41. The zero-order chi connectivity index (χ0) is 24.3. The molecule has 2 aromatic heterocycles. The second kappa shape index (κ2) is 7.70. The minimum absolute atomic E-state index is 0.599. The monoisotopic (exact) mass is 476 g/mol. The molecule has 37 heavy (non-hydrogen) atoms. The largest absolute Gasteiger partial charge is 0.439 e. The average Bonchev–Trinajstić information content (AvgIpc) is 3.49. The van der Waals surface area contributed by atoms with E-state index in [1.54, 1.807) is 0 Å². The highest BCUT2D eigenvalue weighted by Crippen LogP contribution is 2.51. The molecule has 5 aromatic carbocycles. The fourth-order valence-electron chi connectivity index (χ4n) is 5.42. The van der Waals surface area contributed by atoms with Crippen LogP contribution >= 0.6 is 0 Å². The molecular weight excluding hydrogens is 456 g/mol. The fraction of sp³-hybridized carbons (Fsp3) is 0. The van der Waals surface area contributed by atoms with Crippen LogP contribution in [0.5, 0.6) is 11.6 Å². The van der Waals surface area contributed by atoms with Crippen molar-refractivity contribution in [2.24, 2.45) is 0 Å². The van der Waals surface area contributed by atoms with Gasteiger partial charge in [-0.25, -0.2) is 4.98 Å². The van der Waals surface area contributed by atoms with Crippen LogP contribution in [-0.4, -0.2) is 9.55 Å². The van der Waals surface area contributed by atoms with Crippen molar-refractivity contribution < 1.29 is 9.15 Å². The van der Waals surface area contributed by atoms with E-state index in [0.717, 1.165) is 61.6 Å². The number of hydrogen-bond donors (Lipinski definition) is 0. The number of fused-ring (bicyclic) bond motifs is 8. The predicted octanol–water partition coefficient (Wildman–Crippen LogP) is 8.88. The molecule has 3 heterocycles. The molecular formula is C33H20N2O2. The van der Waals surface area contributed by atoms with Crippen LogP contribution in [0.25, 0.3) is 61.4 Å². The molecule has 7 aromatic rings. The third-order valence-corrected chi connectivity index (χ3v) is 7.06. The van der Waals surface area contributed by atoms with Gasteiger partial charge in [0.2, 0.25) is 11.8 Å². The summed E-state index contributed by atoms with van der Waals surface area (Å²) in [6.45, 7) is 0. The van der Waals surface area contributed by atoms with Gasteiger partial charge >= 0.3 is 0 Å².